The Hall–Kier alpha value is -1.08. The van der Waals surface area contributed by atoms with E-state index in [1.165, 1.54) is 44.9 Å². The van der Waals surface area contributed by atoms with Crippen molar-refractivity contribution in [2.24, 2.45) is 0 Å². The van der Waals surface area contributed by atoms with Crippen molar-refractivity contribution in [3.05, 3.63) is 47.0 Å². The average Bonchev–Trinajstić information content (AvgIpc) is 2.44. The van der Waals surface area contributed by atoms with Gasteiger partial charge in [-0.15, -0.1) is 0 Å². The molecule has 0 radical (unpaired) electrons. The maximum atomic E-state index is 3.54. The van der Waals surface area contributed by atoms with Crippen LogP contribution in [0.2, 0.25) is 0 Å². The maximum Gasteiger partial charge on any atom is 0.0107 e. The lowest BCUT2D eigenvalue weighted by molar-refractivity contribution is 0.431. The third-order valence-electron chi connectivity index (χ3n) is 4.83. The largest absolute Gasteiger partial charge is 0.317 e. The monoisotopic (exact) mass is 255 g/mol. The first-order chi connectivity index (χ1) is 9.36. The molecule has 0 spiro atoms. The second-order valence-electron chi connectivity index (χ2n) is 6.13. The lowest BCUT2D eigenvalue weighted by atomic mass is 9.73. The molecule has 19 heavy (non-hydrogen) atoms. The summed E-state index contributed by atoms with van der Waals surface area (Å²) >= 11 is 0. The van der Waals surface area contributed by atoms with Crippen molar-refractivity contribution in [1.29, 1.82) is 0 Å². The van der Waals surface area contributed by atoms with Gasteiger partial charge >= 0.3 is 0 Å². The second-order valence-corrected chi connectivity index (χ2v) is 6.13. The van der Waals surface area contributed by atoms with Gasteiger partial charge in [-0.05, 0) is 69.0 Å². The molecular formula is C18H25N. The van der Waals surface area contributed by atoms with Crippen molar-refractivity contribution < 1.29 is 0 Å². The van der Waals surface area contributed by atoms with E-state index >= 15 is 0 Å². The van der Waals surface area contributed by atoms with Crippen LogP contribution in [-0.4, -0.2) is 13.1 Å². The fourth-order valence-electron chi connectivity index (χ4n) is 3.63. The third kappa shape index (κ3) is 2.92. The van der Waals surface area contributed by atoms with Crippen molar-refractivity contribution in [2.45, 2.75) is 56.9 Å². The van der Waals surface area contributed by atoms with Crippen LogP contribution < -0.4 is 5.32 Å². The highest BCUT2D eigenvalue weighted by molar-refractivity contribution is 5.40. The van der Waals surface area contributed by atoms with Crippen LogP contribution in [0.5, 0.6) is 0 Å². The van der Waals surface area contributed by atoms with E-state index in [1.807, 2.05) is 0 Å². The van der Waals surface area contributed by atoms with Crippen molar-refractivity contribution in [3.63, 3.8) is 0 Å². The van der Waals surface area contributed by atoms with Crippen LogP contribution in [0.1, 0.15) is 55.6 Å². The van der Waals surface area contributed by atoms with Crippen LogP contribution in [0.15, 0.2) is 35.9 Å². The molecule has 1 aromatic carbocycles. The summed E-state index contributed by atoms with van der Waals surface area (Å²) < 4.78 is 0. The first kappa shape index (κ1) is 12.9. The van der Waals surface area contributed by atoms with Gasteiger partial charge in [0.25, 0.3) is 0 Å². The Morgan fingerprint density at radius 3 is 2.89 bits per heavy atom. The van der Waals surface area contributed by atoms with Gasteiger partial charge in [0, 0.05) is 6.04 Å². The van der Waals surface area contributed by atoms with Crippen LogP contribution in [0.25, 0.3) is 0 Å². The van der Waals surface area contributed by atoms with E-state index in [4.69, 9.17) is 0 Å². The third-order valence-corrected chi connectivity index (χ3v) is 4.83. The molecule has 2 unspecified atom stereocenters. The summed E-state index contributed by atoms with van der Waals surface area (Å²) in [5.74, 6) is 0.790. The van der Waals surface area contributed by atoms with Gasteiger partial charge in [-0.25, -0.2) is 0 Å². The smallest absolute Gasteiger partial charge is 0.0107 e. The molecule has 0 aliphatic heterocycles. The van der Waals surface area contributed by atoms with Gasteiger partial charge in [-0.2, -0.15) is 0 Å². The van der Waals surface area contributed by atoms with E-state index in [2.05, 4.69) is 42.7 Å². The first-order valence-electron chi connectivity index (χ1n) is 7.80. The van der Waals surface area contributed by atoms with Crippen molar-refractivity contribution in [1.82, 2.24) is 5.32 Å². The van der Waals surface area contributed by atoms with Crippen molar-refractivity contribution >= 4 is 0 Å². The quantitative estimate of drug-likeness (QED) is 0.778. The summed E-state index contributed by atoms with van der Waals surface area (Å²) in [4.78, 5) is 0. The molecule has 1 heteroatoms. The molecular weight excluding hydrogens is 230 g/mol. The average molecular weight is 255 g/mol. The molecule has 2 atom stereocenters. The number of hydrogen-bond acceptors (Lipinski definition) is 1. The molecule has 3 rings (SSSR count). The summed E-state index contributed by atoms with van der Waals surface area (Å²) in [5.41, 5.74) is 4.86. The highest BCUT2D eigenvalue weighted by Crippen LogP contribution is 2.38. The standard InChI is InChI=1S/C18H25N/c1-19-17(11-14-7-3-2-4-8-14)13-16-12-15-9-5-6-10-18(15)16/h5-7,9-10,16-17,19H,2-4,8,11-13H2,1H3. The Morgan fingerprint density at radius 2 is 2.16 bits per heavy atom. The van der Waals surface area contributed by atoms with Gasteiger partial charge < -0.3 is 5.32 Å². The fraction of sp³-hybridized carbons (Fsp3) is 0.556. The topological polar surface area (TPSA) is 12.0 Å². The van der Waals surface area contributed by atoms with E-state index in [-0.39, 0.29) is 0 Å². The predicted octanol–water partition coefficient (Wildman–Crippen LogP) is 4.19. The van der Waals surface area contributed by atoms with Gasteiger partial charge in [0.2, 0.25) is 0 Å². The Balaban J connectivity index is 1.58. The Bertz CT molecular complexity index is 461. The highest BCUT2D eigenvalue weighted by Gasteiger charge is 2.27. The van der Waals surface area contributed by atoms with E-state index in [9.17, 15) is 0 Å². The molecule has 0 aromatic heterocycles. The molecule has 2 aliphatic carbocycles. The lowest BCUT2D eigenvalue weighted by Gasteiger charge is -2.33. The Kier molecular flexibility index (Phi) is 4.03. The summed E-state index contributed by atoms with van der Waals surface area (Å²) in [6.45, 7) is 0. The van der Waals surface area contributed by atoms with Crippen molar-refractivity contribution in [3.8, 4) is 0 Å². The molecule has 1 nitrogen and oxygen atoms in total. The van der Waals surface area contributed by atoms with Gasteiger partial charge in [0.1, 0.15) is 0 Å². The van der Waals surface area contributed by atoms with Crippen molar-refractivity contribution in [2.75, 3.05) is 7.05 Å². The van der Waals surface area contributed by atoms with E-state index in [1.54, 1.807) is 16.7 Å². The van der Waals surface area contributed by atoms with Crippen LogP contribution in [0.4, 0.5) is 0 Å². The number of nitrogens with one attached hydrogen (secondary N) is 1. The SMILES string of the molecule is CNC(CC1=CCCCC1)CC1Cc2ccccc21. The molecule has 0 bridgehead atoms. The van der Waals surface area contributed by atoms with Crippen LogP contribution in [0.3, 0.4) is 0 Å². The minimum atomic E-state index is 0.655. The van der Waals surface area contributed by atoms with Crippen LogP contribution in [-0.2, 0) is 6.42 Å². The van der Waals surface area contributed by atoms with Gasteiger partial charge in [0.05, 0.1) is 0 Å². The maximum absolute atomic E-state index is 3.54. The molecule has 0 heterocycles. The zero-order valence-corrected chi connectivity index (χ0v) is 12.0. The molecule has 1 aromatic rings. The molecule has 0 fully saturated rings. The molecule has 2 aliphatic rings. The zero-order chi connectivity index (χ0) is 13.1. The van der Waals surface area contributed by atoms with Crippen LogP contribution in [0, 0.1) is 0 Å². The van der Waals surface area contributed by atoms with Gasteiger partial charge in [-0.1, -0.05) is 35.9 Å². The van der Waals surface area contributed by atoms with Crippen LogP contribution >= 0.6 is 0 Å². The molecule has 0 saturated carbocycles. The summed E-state index contributed by atoms with van der Waals surface area (Å²) in [6, 6.07) is 9.60. The molecule has 0 saturated heterocycles. The second kappa shape index (κ2) is 5.92. The number of rotatable bonds is 5. The summed E-state index contributed by atoms with van der Waals surface area (Å²) in [7, 11) is 2.12. The predicted molar refractivity (Wildman–Crippen MR) is 81.5 cm³/mol. The fourth-order valence-corrected chi connectivity index (χ4v) is 3.63. The van der Waals surface area contributed by atoms with E-state index < -0.39 is 0 Å². The molecule has 102 valence electrons. The molecule has 0 amide bonds. The minimum absolute atomic E-state index is 0.655. The zero-order valence-electron chi connectivity index (χ0n) is 12.0. The molecule has 1 N–H and O–H groups in total. The van der Waals surface area contributed by atoms with Gasteiger partial charge in [0.15, 0.2) is 0 Å². The van der Waals surface area contributed by atoms with E-state index in [0.717, 1.165) is 5.92 Å². The normalized spacial score (nSPS) is 23.2. The minimum Gasteiger partial charge on any atom is -0.317 e. The lowest BCUT2D eigenvalue weighted by Crippen LogP contribution is -2.31. The number of hydrogen-bond donors (Lipinski definition) is 1. The van der Waals surface area contributed by atoms with Gasteiger partial charge in [-0.3, -0.25) is 0 Å². The first-order valence-corrected chi connectivity index (χ1v) is 7.80. The van der Waals surface area contributed by atoms with E-state index in [0.29, 0.717) is 6.04 Å². The summed E-state index contributed by atoms with van der Waals surface area (Å²) in [5, 5.41) is 3.54. The number of fused-ring (bicyclic) bond motifs is 1. The number of allylic oxidation sites excluding steroid dienone is 1. The highest BCUT2D eigenvalue weighted by atomic mass is 14.9. The Morgan fingerprint density at radius 1 is 1.26 bits per heavy atom. The number of benzene rings is 1. The Labute approximate surface area is 117 Å². The summed E-state index contributed by atoms with van der Waals surface area (Å²) in [6.07, 6.45) is 11.8.